The number of hydrogen-bond acceptors (Lipinski definition) is 3. The van der Waals surface area contributed by atoms with Crippen molar-refractivity contribution in [2.75, 3.05) is 5.75 Å². The molecule has 0 amide bonds. The zero-order valence-electron chi connectivity index (χ0n) is 8.78. The molecule has 0 spiro atoms. The molecular formula is C8H18N2O2S2. The van der Waals surface area contributed by atoms with Crippen molar-refractivity contribution in [3.05, 3.63) is 0 Å². The summed E-state index contributed by atoms with van der Waals surface area (Å²) in [6, 6.07) is -0.0469. The summed E-state index contributed by atoms with van der Waals surface area (Å²) in [4.78, 5) is -0.00360. The Labute approximate surface area is 91.3 Å². The van der Waals surface area contributed by atoms with Crippen LogP contribution >= 0.6 is 12.2 Å². The Morgan fingerprint density at radius 3 is 2.29 bits per heavy atom. The molecule has 0 saturated carbocycles. The van der Waals surface area contributed by atoms with E-state index in [0.717, 1.165) is 6.42 Å². The molecule has 0 radical (unpaired) electrons. The zero-order valence-corrected chi connectivity index (χ0v) is 10.4. The van der Waals surface area contributed by atoms with E-state index in [-0.39, 0.29) is 22.7 Å². The summed E-state index contributed by atoms with van der Waals surface area (Å²) >= 11 is 4.56. The molecule has 3 N–H and O–H groups in total. The van der Waals surface area contributed by atoms with Crippen molar-refractivity contribution in [3.63, 3.8) is 0 Å². The quantitative estimate of drug-likeness (QED) is 0.666. The molecule has 4 nitrogen and oxygen atoms in total. The third-order valence-electron chi connectivity index (χ3n) is 1.91. The molecule has 0 aliphatic carbocycles. The van der Waals surface area contributed by atoms with Crippen LogP contribution < -0.4 is 10.5 Å². The lowest BCUT2D eigenvalue weighted by Crippen LogP contribution is -2.41. The minimum Gasteiger partial charge on any atom is -0.392 e. The zero-order chi connectivity index (χ0) is 11.4. The van der Waals surface area contributed by atoms with E-state index in [1.54, 1.807) is 0 Å². The summed E-state index contributed by atoms with van der Waals surface area (Å²) in [6.45, 7) is 5.88. The Kier molecular flexibility index (Phi) is 5.54. The minimum absolute atomic E-state index is 0.00360. The van der Waals surface area contributed by atoms with Crippen LogP contribution in [0.2, 0.25) is 0 Å². The summed E-state index contributed by atoms with van der Waals surface area (Å²) < 4.78 is 25.5. The number of sulfonamides is 1. The standard InChI is InChI=1S/C8H18N2O2S2/c1-4-7(6(2)3)10-14(11,12)5-8(9)13/h6-7,10H,4-5H2,1-3H3,(H2,9,13). The van der Waals surface area contributed by atoms with Gasteiger partial charge in [0, 0.05) is 6.04 Å². The lowest BCUT2D eigenvalue weighted by atomic mass is 10.0. The number of nitrogens with one attached hydrogen (secondary N) is 1. The van der Waals surface area contributed by atoms with Gasteiger partial charge in [0.05, 0.1) is 4.99 Å². The summed E-state index contributed by atoms with van der Waals surface area (Å²) in [5.41, 5.74) is 5.18. The molecule has 0 aromatic carbocycles. The smallest absolute Gasteiger partial charge is 0.218 e. The highest BCUT2D eigenvalue weighted by atomic mass is 32.2. The molecule has 0 aromatic rings. The lowest BCUT2D eigenvalue weighted by molar-refractivity contribution is 0.438. The van der Waals surface area contributed by atoms with Crippen LogP contribution in [-0.2, 0) is 10.0 Å². The highest BCUT2D eigenvalue weighted by molar-refractivity contribution is 7.92. The maximum atomic E-state index is 11.4. The van der Waals surface area contributed by atoms with Gasteiger partial charge >= 0.3 is 0 Å². The molecule has 0 aliphatic heterocycles. The van der Waals surface area contributed by atoms with Crippen LogP contribution in [0.25, 0.3) is 0 Å². The molecule has 0 heterocycles. The molecular weight excluding hydrogens is 220 g/mol. The maximum Gasteiger partial charge on any atom is 0.218 e. The van der Waals surface area contributed by atoms with Gasteiger partial charge in [0.2, 0.25) is 10.0 Å². The first kappa shape index (κ1) is 13.8. The molecule has 0 rings (SSSR count). The average Bonchev–Trinajstić information content (AvgIpc) is 1.97. The van der Waals surface area contributed by atoms with E-state index in [0.29, 0.717) is 0 Å². The fourth-order valence-corrected chi connectivity index (χ4v) is 2.97. The van der Waals surface area contributed by atoms with Crippen LogP contribution in [0.3, 0.4) is 0 Å². The van der Waals surface area contributed by atoms with E-state index in [4.69, 9.17) is 5.73 Å². The molecule has 6 heteroatoms. The van der Waals surface area contributed by atoms with E-state index in [9.17, 15) is 8.42 Å². The summed E-state index contributed by atoms with van der Waals surface area (Å²) in [5.74, 6) is -0.00734. The van der Waals surface area contributed by atoms with E-state index in [1.807, 2.05) is 20.8 Å². The van der Waals surface area contributed by atoms with Crippen LogP contribution in [0.15, 0.2) is 0 Å². The second-order valence-corrected chi connectivity index (χ2v) is 5.88. The molecule has 0 aliphatic rings. The van der Waals surface area contributed by atoms with Crippen molar-refractivity contribution in [2.24, 2.45) is 11.7 Å². The van der Waals surface area contributed by atoms with Gasteiger partial charge in [-0.25, -0.2) is 13.1 Å². The Hall–Kier alpha value is -0.200. The fraction of sp³-hybridized carbons (Fsp3) is 0.875. The third-order valence-corrected chi connectivity index (χ3v) is 3.59. The topological polar surface area (TPSA) is 72.2 Å². The van der Waals surface area contributed by atoms with Gasteiger partial charge in [0.1, 0.15) is 5.75 Å². The van der Waals surface area contributed by atoms with Gasteiger partial charge < -0.3 is 5.73 Å². The number of rotatable bonds is 6. The van der Waals surface area contributed by atoms with Crippen molar-refractivity contribution in [1.82, 2.24) is 4.72 Å². The molecule has 84 valence electrons. The SMILES string of the molecule is CCC(NS(=O)(=O)CC(N)=S)C(C)C. The highest BCUT2D eigenvalue weighted by Gasteiger charge is 2.19. The second-order valence-electron chi connectivity index (χ2n) is 3.60. The predicted octanol–water partition coefficient (Wildman–Crippen LogP) is 0.626. The maximum absolute atomic E-state index is 11.4. The van der Waals surface area contributed by atoms with E-state index in [2.05, 4.69) is 16.9 Å². The van der Waals surface area contributed by atoms with Gasteiger partial charge in [-0.1, -0.05) is 33.0 Å². The molecule has 0 fully saturated rings. The van der Waals surface area contributed by atoms with Crippen LogP contribution in [0.5, 0.6) is 0 Å². The van der Waals surface area contributed by atoms with Crippen molar-refractivity contribution in [3.8, 4) is 0 Å². The first-order valence-corrected chi connectivity index (χ1v) is 6.63. The Bertz CT molecular complexity index is 286. The summed E-state index contributed by atoms with van der Waals surface area (Å²) in [5, 5.41) is 0. The Morgan fingerprint density at radius 1 is 1.50 bits per heavy atom. The van der Waals surface area contributed by atoms with Crippen LogP contribution in [0, 0.1) is 5.92 Å². The first-order valence-electron chi connectivity index (χ1n) is 4.56. The van der Waals surface area contributed by atoms with E-state index < -0.39 is 10.0 Å². The molecule has 0 bridgehead atoms. The Balaban J connectivity index is 4.41. The number of nitrogens with two attached hydrogens (primary N) is 1. The van der Waals surface area contributed by atoms with Gasteiger partial charge in [0.25, 0.3) is 0 Å². The van der Waals surface area contributed by atoms with Crippen LogP contribution in [0.4, 0.5) is 0 Å². The van der Waals surface area contributed by atoms with E-state index >= 15 is 0 Å². The van der Waals surface area contributed by atoms with Gasteiger partial charge in [-0.05, 0) is 12.3 Å². The van der Waals surface area contributed by atoms with Gasteiger partial charge in [-0.2, -0.15) is 0 Å². The number of hydrogen-bond donors (Lipinski definition) is 2. The molecule has 0 aromatic heterocycles. The number of thiocarbonyl (C=S) groups is 1. The largest absolute Gasteiger partial charge is 0.392 e. The predicted molar refractivity (Wildman–Crippen MR) is 62.6 cm³/mol. The third kappa shape index (κ3) is 5.51. The average molecular weight is 238 g/mol. The first-order chi connectivity index (χ1) is 6.28. The summed E-state index contributed by atoms with van der Waals surface area (Å²) in [7, 11) is -3.35. The molecule has 14 heavy (non-hydrogen) atoms. The van der Waals surface area contributed by atoms with E-state index in [1.165, 1.54) is 0 Å². The minimum atomic E-state index is -3.35. The van der Waals surface area contributed by atoms with Gasteiger partial charge in [-0.15, -0.1) is 0 Å². The van der Waals surface area contributed by atoms with Gasteiger partial charge in [0.15, 0.2) is 0 Å². The molecule has 1 unspecified atom stereocenters. The lowest BCUT2D eigenvalue weighted by Gasteiger charge is -2.20. The van der Waals surface area contributed by atoms with Crippen molar-refractivity contribution in [2.45, 2.75) is 33.2 Å². The normalized spacial score (nSPS) is 14.3. The highest BCUT2D eigenvalue weighted by Crippen LogP contribution is 2.06. The van der Waals surface area contributed by atoms with Crippen molar-refractivity contribution in [1.29, 1.82) is 0 Å². The molecule has 1 atom stereocenters. The Morgan fingerprint density at radius 2 is 2.00 bits per heavy atom. The van der Waals surface area contributed by atoms with Crippen molar-refractivity contribution < 1.29 is 8.42 Å². The van der Waals surface area contributed by atoms with Crippen LogP contribution in [-0.4, -0.2) is 25.2 Å². The second kappa shape index (κ2) is 5.63. The van der Waals surface area contributed by atoms with Crippen LogP contribution in [0.1, 0.15) is 27.2 Å². The fourth-order valence-electron chi connectivity index (χ4n) is 1.15. The monoisotopic (exact) mass is 238 g/mol. The summed E-state index contributed by atoms with van der Waals surface area (Å²) in [6.07, 6.45) is 0.758. The molecule has 0 saturated heterocycles. The van der Waals surface area contributed by atoms with Crippen molar-refractivity contribution >= 4 is 27.2 Å². The van der Waals surface area contributed by atoms with Gasteiger partial charge in [-0.3, -0.25) is 0 Å².